The minimum absolute atomic E-state index is 0.179. The summed E-state index contributed by atoms with van der Waals surface area (Å²) in [6.45, 7) is 8.20. The van der Waals surface area contributed by atoms with Gasteiger partial charge in [-0.2, -0.15) is 0 Å². The highest BCUT2D eigenvalue weighted by Gasteiger charge is 2.03. The Morgan fingerprint density at radius 1 is 1.32 bits per heavy atom. The van der Waals surface area contributed by atoms with Crippen LogP contribution < -0.4 is 16.4 Å². The van der Waals surface area contributed by atoms with Crippen LogP contribution in [0.25, 0.3) is 0 Å². The summed E-state index contributed by atoms with van der Waals surface area (Å²) in [5.41, 5.74) is 7.33. The molecule has 0 heterocycles. The van der Waals surface area contributed by atoms with E-state index in [1.54, 1.807) is 0 Å². The normalized spacial score (nSPS) is 10.5. The number of urea groups is 1. The van der Waals surface area contributed by atoms with Gasteiger partial charge < -0.3 is 21.3 Å². The van der Waals surface area contributed by atoms with Crippen molar-refractivity contribution in [2.24, 2.45) is 5.73 Å². The number of hydrogen-bond acceptors (Lipinski definition) is 3. The molecule has 0 fully saturated rings. The van der Waals surface area contributed by atoms with Crippen LogP contribution >= 0.6 is 0 Å². The third-order valence-corrected chi connectivity index (χ3v) is 3.03. The van der Waals surface area contributed by atoms with Crippen molar-refractivity contribution in [3.05, 3.63) is 29.8 Å². The molecule has 1 rings (SSSR count). The van der Waals surface area contributed by atoms with Crippen LogP contribution in [0.5, 0.6) is 0 Å². The number of nitrogens with two attached hydrogens (primary N) is 1. The fraction of sp³-hybridized carbons (Fsp3) is 0.500. The molecule has 0 aliphatic heterocycles. The molecule has 0 aliphatic carbocycles. The molecule has 4 N–H and O–H groups in total. The maximum Gasteiger partial charge on any atom is 0.319 e. The third kappa shape index (κ3) is 5.72. The van der Waals surface area contributed by atoms with E-state index in [2.05, 4.69) is 29.4 Å². The Bertz CT molecular complexity index is 391. The lowest BCUT2D eigenvalue weighted by Gasteiger charge is -2.18. The Kier molecular flexibility index (Phi) is 6.92. The Labute approximate surface area is 115 Å². The molecule has 0 radical (unpaired) electrons. The van der Waals surface area contributed by atoms with E-state index in [0.29, 0.717) is 13.1 Å². The first-order chi connectivity index (χ1) is 9.19. The van der Waals surface area contributed by atoms with E-state index in [9.17, 15) is 4.79 Å². The van der Waals surface area contributed by atoms with Crippen LogP contribution in [0.2, 0.25) is 0 Å². The van der Waals surface area contributed by atoms with E-state index >= 15 is 0 Å². The smallest absolute Gasteiger partial charge is 0.319 e. The molecule has 1 aromatic rings. The average Bonchev–Trinajstić information content (AvgIpc) is 2.44. The maximum absolute atomic E-state index is 11.7. The van der Waals surface area contributed by atoms with Crippen molar-refractivity contribution in [3.8, 4) is 0 Å². The second kappa shape index (κ2) is 8.50. The van der Waals surface area contributed by atoms with Crippen molar-refractivity contribution >= 4 is 11.7 Å². The minimum Gasteiger partial charge on any atom is -0.337 e. The first-order valence-corrected chi connectivity index (χ1v) is 6.75. The molecule has 0 aromatic heterocycles. The van der Waals surface area contributed by atoms with E-state index in [-0.39, 0.29) is 6.03 Å². The summed E-state index contributed by atoms with van der Waals surface area (Å²) in [7, 11) is 0. The number of benzene rings is 1. The van der Waals surface area contributed by atoms with Crippen LogP contribution in [0.1, 0.15) is 19.4 Å². The van der Waals surface area contributed by atoms with Crippen LogP contribution in [0.3, 0.4) is 0 Å². The molecule has 0 saturated carbocycles. The Morgan fingerprint density at radius 2 is 2.05 bits per heavy atom. The van der Waals surface area contributed by atoms with E-state index in [1.807, 2.05) is 24.3 Å². The third-order valence-electron chi connectivity index (χ3n) is 3.03. The summed E-state index contributed by atoms with van der Waals surface area (Å²) in [6.07, 6.45) is 0. The monoisotopic (exact) mass is 264 g/mol. The van der Waals surface area contributed by atoms with Crippen LogP contribution in [-0.4, -0.2) is 37.1 Å². The first-order valence-electron chi connectivity index (χ1n) is 6.75. The highest BCUT2D eigenvalue weighted by molar-refractivity contribution is 5.89. The van der Waals surface area contributed by atoms with Crippen LogP contribution in [0.15, 0.2) is 24.3 Å². The van der Waals surface area contributed by atoms with Gasteiger partial charge in [-0.3, -0.25) is 0 Å². The molecule has 2 amide bonds. The zero-order valence-electron chi connectivity index (χ0n) is 11.8. The molecule has 0 atom stereocenters. The quantitative estimate of drug-likeness (QED) is 0.700. The van der Waals surface area contributed by atoms with Gasteiger partial charge in [0.15, 0.2) is 0 Å². The highest BCUT2D eigenvalue weighted by Crippen LogP contribution is 2.09. The van der Waals surface area contributed by atoms with E-state index in [0.717, 1.165) is 30.9 Å². The van der Waals surface area contributed by atoms with E-state index < -0.39 is 0 Å². The Morgan fingerprint density at radius 3 is 2.68 bits per heavy atom. The van der Waals surface area contributed by atoms with Gasteiger partial charge in [-0.25, -0.2) is 4.79 Å². The number of amides is 2. The number of nitrogens with one attached hydrogen (secondary N) is 2. The summed E-state index contributed by atoms with van der Waals surface area (Å²) >= 11 is 0. The zero-order chi connectivity index (χ0) is 14.1. The van der Waals surface area contributed by atoms with Gasteiger partial charge in [0, 0.05) is 25.3 Å². The van der Waals surface area contributed by atoms with Crippen molar-refractivity contribution in [3.63, 3.8) is 0 Å². The topological polar surface area (TPSA) is 70.4 Å². The molecule has 106 valence electrons. The molecule has 1 aromatic carbocycles. The summed E-state index contributed by atoms with van der Waals surface area (Å²) in [5.74, 6) is 0. The van der Waals surface area contributed by atoms with Crippen molar-refractivity contribution in [2.45, 2.75) is 20.4 Å². The second-order valence-corrected chi connectivity index (χ2v) is 4.31. The van der Waals surface area contributed by atoms with Crippen molar-refractivity contribution in [1.82, 2.24) is 10.2 Å². The predicted octanol–water partition coefficient (Wildman–Crippen LogP) is 1.61. The summed E-state index contributed by atoms with van der Waals surface area (Å²) < 4.78 is 0. The Hall–Kier alpha value is -1.59. The molecular formula is C14H24N4O. The van der Waals surface area contributed by atoms with Crippen molar-refractivity contribution in [1.29, 1.82) is 0 Å². The molecule has 0 aliphatic rings. The van der Waals surface area contributed by atoms with Gasteiger partial charge in [0.1, 0.15) is 0 Å². The van der Waals surface area contributed by atoms with Gasteiger partial charge in [0.05, 0.1) is 0 Å². The molecule has 0 spiro atoms. The molecule has 5 nitrogen and oxygen atoms in total. The van der Waals surface area contributed by atoms with Crippen LogP contribution in [0, 0.1) is 0 Å². The number of carbonyl (C=O) groups excluding carboxylic acids is 1. The minimum atomic E-state index is -0.179. The second-order valence-electron chi connectivity index (χ2n) is 4.31. The van der Waals surface area contributed by atoms with Gasteiger partial charge in [0.2, 0.25) is 0 Å². The number of anilines is 1. The van der Waals surface area contributed by atoms with Crippen molar-refractivity contribution < 1.29 is 4.79 Å². The van der Waals surface area contributed by atoms with Gasteiger partial charge in [0.25, 0.3) is 0 Å². The van der Waals surface area contributed by atoms with Crippen molar-refractivity contribution in [2.75, 3.05) is 31.5 Å². The first kappa shape index (κ1) is 15.5. The summed E-state index contributed by atoms with van der Waals surface area (Å²) in [5, 5.41) is 5.65. The number of nitrogens with zero attached hydrogens (tertiary/aromatic N) is 1. The number of rotatable bonds is 7. The molecule has 0 saturated heterocycles. The largest absolute Gasteiger partial charge is 0.337 e. The SMILES string of the molecule is CCN(CC)CCNC(=O)Nc1cccc(CN)c1. The summed E-state index contributed by atoms with van der Waals surface area (Å²) in [4.78, 5) is 14.0. The van der Waals surface area contributed by atoms with Gasteiger partial charge in [-0.1, -0.05) is 26.0 Å². The number of hydrogen-bond donors (Lipinski definition) is 3. The highest BCUT2D eigenvalue weighted by atomic mass is 16.2. The average molecular weight is 264 g/mol. The fourth-order valence-electron chi connectivity index (χ4n) is 1.82. The maximum atomic E-state index is 11.7. The van der Waals surface area contributed by atoms with Crippen LogP contribution in [0.4, 0.5) is 10.5 Å². The predicted molar refractivity (Wildman–Crippen MR) is 79.1 cm³/mol. The van der Waals surface area contributed by atoms with Gasteiger partial charge in [-0.15, -0.1) is 0 Å². The lowest BCUT2D eigenvalue weighted by molar-refractivity contribution is 0.248. The molecule has 0 unspecified atom stereocenters. The molecule has 19 heavy (non-hydrogen) atoms. The number of carbonyl (C=O) groups is 1. The lowest BCUT2D eigenvalue weighted by Crippen LogP contribution is -2.36. The zero-order valence-corrected chi connectivity index (χ0v) is 11.8. The van der Waals surface area contributed by atoms with Crippen LogP contribution in [-0.2, 0) is 6.54 Å². The molecular weight excluding hydrogens is 240 g/mol. The Balaban J connectivity index is 2.34. The fourth-order valence-corrected chi connectivity index (χ4v) is 1.82. The van der Waals surface area contributed by atoms with E-state index in [1.165, 1.54) is 0 Å². The number of likely N-dealkylation sites (N-methyl/N-ethyl adjacent to an activating group) is 1. The van der Waals surface area contributed by atoms with E-state index in [4.69, 9.17) is 5.73 Å². The molecule has 0 bridgehead atoms. The van der Waals surface area contributed by atoms with Gasteiger partial charge >= 0.3 is 6.03 Å². The van der Waals surface area contributed by atoms with Gasteiger partial charge in [-0.05, 0) is 30.8 Å². The standard InChI is InChI=1S/C14H24N4O/c1-3-18(4-2)9-8-16-14(19)17-13-7-5-6-12(10-13)11-15/h5-7,10H,3-4,8-9,11,15H2,1-2H3,(H2,16,17,19). The lowest BCUT2D eigenvalue weighted by atomic mass is 10.2. The molecule has 5 heteroatoms. The summed E-state index contributed by atoms with van der Waals surface area (Å²) in [6, 6.07) is 7.37.